The second kappa shape index (κ2) is 9.50. The zero-order valence-electron chi connectivity index (χ0n) is 18.6. The Morgan fingerprint density at radius 1 is 1.06 bits per heavy atom. The predicted octanol–water partition coefficient (Wildman–Crippen LogP) is 2.05. The zero-order chi connectivity index (χ0) is 22.6. The number of fused-ring (bicyclic) bond motifs is 2. The van der Waals surface area contributed by atoms with E-state index in [4.69, 9.17) is 14.2 Å². The molecule has 9 nitrogen and oxygen atoms in total. The van der Waals surface area contributed by atoms with E-state index in [0.29, 0.717) is 25.3 Å². The van der Waals surface area contributed by atoms with Crippen molar-refractivity contribution in [3.05, 3.63) is 65.2 Å². The summed E-state index contributed by atoms with van der Waals surface area (Å²) in [7, 11) is 1.60. The lowest BCUT2D eigenvalue weighted by molar-refractivity contribution is 0.0954. The predicted molar refractivity (Wildman–Crippen MR) is 121 cm³/mol. The molecule has 1 N–H and O–H groups in total. The van der Waals surface area contributed by atoms with Gasteiger partial charge >= 0.3 is 0 Å². The third kappa shape index (κ3) is 4.78. The summed E-state index contributed by atoms with van der Waals surface area (Å²) in [4.78, 5) is 14.8. The number of hydrogen-bond acceptors (Lipinski definition) is 7. The van der Waals surface area contributed by atoms with Gasteiger partial charge in [0.15, 0.2) is 11.5 Å². The average Bonchev–Trinajstić information content (AvgIpc) is 3.42. The summed E-state index contributed by atoms with van der Waals surface area (Å²) in [6.45, 7) is 4.30. The number of rotatable bonds is 7. The van der Waals surface area contributed by atoms with Gasteiger partial charge in [-0.1, -0.05) is 6.07 Å². The Hall–Kier alpha value is -3.59. The molecule has 3 aromatic rings. The van der Waals surface area contributed by atoms with Crippen LogP contribution in [0.4, 0.5) is 0 Å². The van der Waals surface area contributed by atoms with Gasteiger partial charge in [-0.2, -0.15) is 0 Å². The molecule has 0 bridgehead atoms. The summed E-state index contributed by atoms with van der Waals surface area (Å²) in [5, 5.41) is 11.7. The maximum Gasteiger partial charge on any atom is 0.251 e. The first-order valence-electron chi connectivity index (χ1n) is 11.1. The van der Waals surface area contributed by atoms with Gasteiger partial charge in [0.1, 0.15) is 17.4 Å². The van der Waals surface area contributed by atoms with Crippen molar-refractivity contribution in [2.45, 2.75) is 25.9 Å². The van der Waals surface area contributed by atoms with E-state index in [0.717, 1.165) is 61.5 Å². The van der Waals surface area contributed by atoms with Crippen LogP contribution in [0, 0.1) is 0 Å². The molecule has 2 aliphatic heterocycles. The van der Waals surface area contributed by atoms with Crippen LogP contribution in [0.25, 0.3) is 0 Å². The van der Waals surface area contributed by atoms with Crippen molar-refractivity contribution < 1.29 is 19.0 Å². The molecule has 0 aliphatic carbocycles. The molecule has 0 spiro atoms. The summed E-state index contributed by atoms with van der Waals surface area (Å²) >= 11 is 0. The highest BCUT2D eigenvalue weighted by atomic mass is 16.7. The summed E-state index contributed by atoms with van der Waals surface area (Å²) in [5.41, 5.74) is 1.81. The number of carbonyl (C=O) groups is 1. The molecule has 0 fully saturated rings. The zero-order valence-corrected chi connectivity index (χ0v) is 18.6. The van der Waals surface area contributed by atoms with Gasteiger partial charge in [0.05, 0.1) is 7.11 Å². The highest BCUT2D eigenvalue weighted by molar-refractivity contribution is 5.94. The summed E-state index contributed by atoms with van der Waals surface area (Å²) in [5.74, 6) is 4.15. The van der Waals surface area contributed by atoms with Crippen molar-refractivity contribution in [3.63, 3.8) is 0 Å². The average molecular weight is 450 g/mol. The monoisotopic (exact) mass is 449 g/mol. The SMILES string of the molecule is COc1ccc(C(=O)NCCc2nnc3n2CCN(Cc2ccc4c(c2)OCO4)CC3)cc1. The van der Waals surface area contributed by atoms with Crippen LogP contribution >= 0.6 is 0 Å². The smallest absolute Gasteiger partial charge is 0.251 e. The van der Waals surface area contributed by atoms with Crippen molar-refractivity contribution in [3.8, 4) is 17.2 Å². The van der Waals surface area contributed by atoms with Crippen molar-refractivity contribution >= 4 is 5.91 Å². The number of nitrogens with one attached hydrogen (secondary N) is 1. The van der Waals surface area contributed by atoms with Gasteiger partial charge in [0.2, 0.25) is 6.79 Å². The highest BCUT2D eigenvalue weighted by Crippen LogP contribution is 2.32. The van der Waals surface area contributed by atoms with Crippen molar-refractivity contribution in [1.29, 1.82) is 0 Å². The molecule has 0 unspecified atom stereocenters. The number of carbonyl (C=O) groups excluding carboxylic acids is 1. The van der Waals surface area contributed by atoms with Gasteiger partial charge in [0, 0.05) is 51.1 Å². The van der Waals surface area contributed by atoms with Gasteiger partial charge in [-0.15, -0.1) is 10.2 Å². The van der Waals surface area contributed by atoms with Crippen molar-refractivity contribution in [2.75, 3.05) is 33.5 Å². The van der Waals surface area contributed by atoms with Gasteiger partial charge in [-0.05, 0) is 42.0 Å². The summed E-state index contributed by atoms with van der Waals surface area (Å²) in [6, 6.07) is 13.2. The first-order valence-corrected chi connectivity index (χ1v) is 11.1. The maximum atomic E-state index is 12.4. The molecule has 0 saturated carbocycles. The molecule has 0 atom stereocenters. The number of ether oxygens (including phenoxy) is 3. The molecule has 2 aromatic carbocycles. The number of hydrogen-bond donors (Lipinski definition) is 1. The third-order valence-electron chi connectivity index (χ3n) is 6.03. The molecule has 2 aliphatic rings. The molecule has 3 heterocycles. The Kier molecular flexibility index (Phi) is 6.12. The van der Waals surface area contributed by atoms with Gasteiger partial charge in [-0.25, -0.2) is 0 Å². The van der Waals surface area contributed by atoms with Crippen LogP contribution in [0.3, 0.4) is 0 Å². The van der Waals surface area contributed by atoms with Crippen LogP contribution in [0.5, 0.6) is 17.2 Å². The van der Waals surface area contributed by atoms with E-state index in [-0.39, 0.29) is 5.91 Å². The van der Waals surface area contributed by atoms with E-state index in [9.17, 15) is 4.79 Å². The highest BCUT2D eigenvalue weighted by Gasteiger charge is 2.20. The topological polar surface area (TPSA) is 90.7 Å². The van der Waals surface area contributed by atoms with Crippen molar-refractivity contribution in [1.82, 2.24) is 25.0 Å². The van der Waals surface area contributed by atoms with Gasteiger partial charge in [0.25, 0.3) is 5.91 Å². The van der Waals surface area contributed by atoms with Crippen LogP contribution in [-0.2, 0) is 25.9 Å². The van der Waals surface area contributed by atoms with Crippen LogP contribution in [0.15, 0.2) is 42.5 Å². The Balaban J connectivity index is 1.14. The van der Waals surface area contributed by atoms with E-state index in [2.05, 4.69) is 37.1 Å². The Labute approximate surface area is 192 Å². The molecule has 1 amide bonds. The Bertz CT molecular complexity index is 1130. The number of aromatic nitrogens is 3. The quantitative estimate of drug-likeness (QED) is 0.590. The Morgan fingerprint density at radius 2 is 1.91 bits per heavy atom. The molecular formula is C24H27N5O4. The fraction of sp³-hybridized carbons (Fsp3) is 0.375. The lowest BCUT2D eigenvalue weighted by Gasteiger charge is -2.19. The van der Waals surface area contributed by atoms with Crippen LogP contribution in [0.1, 0.15) is 27.6 Å². The minimum Gasteiger partial charge on any atom is -0.497 e. The van der Waals surface area contributed by atoms with Crippen LogP contribution in [0.2, 0.25) is 0 Å². The molecule has 33 heavy (non-hydrogen) atoms. The largest absolute Gasteiger partial charge is 0.497 e. The van der Waals surface area contributed by atoms with E-state index in [1.165, 1.54) is 5.56 Å². The van der Waals surface area contributed by atoms with Gasteiger partial charge in [-0.3, -0.25) is 9.69 Å². The minimum atomic E-state index is -0.108. The first-order chi connectivity index (χ1) is 16.2. The molecule has 1 aromatic heterocycles. The number of nitrogens with zero attached hydrogens (tertiary/aromatic N) is 4. The molecule has 0 radical (unpaired) electrons. The van der Waals surface area contributed by atoms with Crippen LogP contribution in [-0.4, -0.2) is 59.1 Å². The summed E-state index contributed by atoms with van der Waals surface area (Å²) in [6.07, 6.45) is 1.48. The van der Waals surface area contributed by atoms with E-state index in [1.54, 1.807) is 31.4 Å². The maximum absolute atomic E-state index is 12.4. The molecule has 172 valence electrons. The summed E-state index contributed by atoms with van der Waals surface area (Å²) < 4.78 is 18.2. The number of benzene rings is 2. The number of methoxy groups -OCH3 is 1. The van der Waals surface area contributed by atoms with Gasteiger partial charge < -0.3 is 24.1 Å². The fourth-order valence-electron chi connectivity index (χ4n) is 4.20. The molecule has 0 saturated heterocycles. The molecule has 9 heteroatoms. The molecule has 5 rings (SSSR count). The lowest BCUT2D eigenvalue weighted by Crippen LogP contribution is -2.28. The number of amides is 1. The minimum absolute atomic E-state index is 0.108. The van der Waals surface area contributed by atoms with Crippen molar-refractivity contribution in [2.24, 2.45) is 0 Å². The Morgan fingerprint density at radius 3 is 2.76 bits per heavy atom. The molecular weight excluding hydrogens is 422 g/mol. The van der Waals surface area contributed by atoms with Crippen LogP contribution < -0.4 is 19.5 Å². The lowest BCUT2D eigenvalue weighted by atomic mass is 10.2. The second-order valence-electron chi connectivity index (χ2n) is 8.13. The third-order valence-corrected chi connectivity index (χ3v) is 6.03. The fourth-order valence-corrected chi connectivity index (χ4v) is 4.20. The first kappa shape index (κ1) is 21.3. The van der Waals surface area contributed by atoms with E-state index >= 15 is 0 Å². The van der Waals surface area contributed by atoms with E-state index in [1.807, 2.05) is 6.07 Å². The second-order valence-corrected chi connectivity index (χ2v) is 8.13. The van der Waals surface area contributed by atoms with E-state index < -0.39 is 0 Å². The standard InChI is InChI=1S/C24H27N5O4/c1-31-19-5-3-18(4-6-19)24(30)25-10-8-22-26-27-23-9-11-28(12-13-29(22)23)15-17-2-7-20-21(14-17)33-16-32-20/h2-7,14H,8-13,15-16H2,1H3,(H,25,30). The normalized spacial score (nSPS) is 15.1.